The maximum Gasteiger partial charge on any atom is 0.276 e. The van der Waals surface area contributed by atoms with E-state index in [4.69, 9.17) is 10.6 Å². The number of nitrogens with one attached hydrogen (secondary N) is 1. The predicted molar refractivity (Wildman–Crippen MR) is 124 cm³/mol. The minimum Gasteiger partial charge on any atom is -0.543 e. The molecule has 6 rings (SSSR count). The van der Waals surface area contributed by atoms with E-state index in [2.05, 4.69) is 15.5 Å². The van der Waals surface area contributed by atoms with Gasteiger partial charge in [0, 0.05) is 16.7 Å². The molecule has 182 valence electrons. The summed E-state index contributed by atoms with van der Waals surface area (Å²) >= 11 is 2.61. The molecule has 5 aliphatic heterocycles. The van der Waals surface area contributed by atoms with Crippen LogP contribution >= 0.6 is 23.1 Å². The Balaban J connectivity index is 1.33. The largest absolute Gasteiger partial charge is 0.543 e. The smallest absolute Gasteiger partial charge is 0.276 e. The molecule has 0 aliphatic carbocycles. The van der Waals surface area contributed by atoms with Crippen LogP contribution in [0.5, 0.6) is 0 Å². The first kappa shape index (κ1) is 23.1. The third-order valence-electron chi connectivity index (χ3n) is 7.25. The van der Waals surface area contributed by atoms with Gasteiger partial charge in [-0.2, -0.15) is 0 Å². The summed E-state index contributed by atoms with van der Waals surface area (Å²) in [5.41, 5.74) is 6.50. The Morgan fingerprint density at radius 3 is 2.65 bits per heavy atom. The molecule has 4 saturated heterocycles. The molecule has 1 unspecified atom stereocenters. The van der Waals surface area contributed by atoms with Gasteiger partial charge in [-0.3, -0.25) is 14.5 Å². The van der Waals surface area contributed by atoms with Gasteiger partial charge in [0.2, 0.25) is 0 Å². The highest BCUT2D eigenvalue weighted by molar-refractivity contribution is 8.00. The number of thioether (sulfide) groups is 1. The molecule has 0 spiro atoms. The van der Waals surface area contributed by atoms with Crippen molar-refractivity contribution < 1.29 is 28.8 Å². The number of carboxylic acid groups (broad SMARTS) is 1. The molecule has 13 heteroatoms. The van der Waals surface area contributed by atoms with Gasteiger partial charge in [0.1, 0.15) is 30.8 Å². The number of oxime groups is 1. The summed E-state index contributed by atoms with van der Waals surface area (Å²) in [5.74, 6) is -1.19. The van der Waals surface area contributed by atoms with Crippen LogP contribution in [0, 0.1) is 5.92 Å². The monoisotopic (exact) mass is 506 g/mol. The molecular weight excluding hydrogens is 480 g/mol. The van der Waals surface area contributed by atoms with Crippen molar-refractivity contribution in [2.45, 2.75) is 30.7 Å². The average Bonchev–Trinajstić information content (AvgIpc) is 3.27. The van der Waals surface area contributed by atoms with Crippen LogP contribution in [0.1, 0.15) is 25.0 Å². The number of amides is 2. The molecule has 11 nitrogen and oxygen atoms in total. The molecule has 6 heterocycles. The lowest BCUT2D eigenvalue weighted by Gasteiger charge is -2.53. The van der Waals surface area contributed by atoms with Gasteiger partial charge in [-0.05, 0) is 25.2 Å². The zero-order valence-corrected chi connectivity index (χ0v) is 20.3. The number of rotatable bonds is 7. The van der Waals surface area contributed by atoms with Crippen molar-refractivity contribution in [3.8, 4) is 0 Å². The number of carbonyl (C=O) groups is 3. The van der Waals surface area contributed by atoms with E-state index in [1.807, 2.05) is 0 Å². The lowest BCUT2D eigenvalue weighted by Crippen LogP contribution is -2.72. The lowest BCUT2D eigenvalue weighted by atomic mass is 9.85. The molecule has 4 fully saturated rings. The molecule has 0 radical (unpaired) electrons. The third kappa shape index (κ3) is 3.95. The number of β-lactam (4-membered cyclic amide) rings is 1. The highest BCUT2D eigenvalue weighted by atomic mass is 32.2. The second kappa shape index (κ2) is 8.86. The Hall–Kier alpha value is -2.64. The van der Waals surface area contributed by atoms with Crippen molar-refractivity contribution in [1.82, 2.24) is 15.2 Å². The second-order valence-electron chi connectivity index (χ2n) is 9.20. The molecule has 3 N–H and O–H groups in total. The standard InChI is InChI=1S/C21H26N6O5S2/c1-32-25-14(13-10-34-21(22)23-13)17(28)24-15-18(29)26-16(20(30)31)12(9-33-19(15)26)8-27-5-2-11(3-6-27)4-7-27/h10-11,15,19H,2-9H2,1H3,(H3-,22,23,24,28,30,31)/b25-14-/t11?,15?,19-,27?/m1/s1. The van der Waals surface area contributed by atoms with Gasteiger partial charge < -0.3 is 30.3 Å². The first-order chi connectivity index (χ1) is 16.3. The summed E-state index contributed by atoms with van der Waals surface area (Å²) in [7, 11) is 1.30. The predicted octanol–water partition coefficient (Wildman–Crippen LogP) is -0.890. The van der Waals surface area contributed by atoms with Crippen molar-refractivity contribution in [1.29, 1.82) is 0 Å². The van der Waals surface area contributed by atoms with Gasteiger partial charge in [0.25, 0.3) is 11.8 Å². The Morgan fingerprint density at radius 2 is 2.06 bits per heavy atom. The number of carboxylic acids is 1. The average molecular weight is 507 g/mol. The summed E-state index contributed by atoms with van der Waals surface area (Å²) in [6, 6.07) is -0.885. The van der Waals surface area contributed by atoms with E-state index in [0.717, 1.165) is 46.9 Å². The Morgan fingerprint density at radius 1 is 1.35 bits per heavy atom. The number of carbonyl (C=O) groups excluding carboxylic acids is 3. The second-order valence-corrected chi connectivity index (χ2v) is 11.2. The molecule has 5 aliphatic rings. The summed E-state index contributed by atoms with van der Waals surface area (Å²) in [4.78, 5) is 48.1. The van der Waals surface area contributed by atoms with Crippen LogP contribution in [0.25, 0.3) is 0 Å². The van der Waals surface area contributed by atoms with E-state index in [-0.39, 0.29) is 22.2 Å². The van der Waals surface area contributed by atoms with Crippen LogP contribution < -0.4 is 16.2 Å². The van der Waals surface area contributed by atoms with E-state index in [9.17, 15) is 19.5 Å². The van der Waals surface area contributed by atoms with Crippen molar-refractivity contribution >= 4 is 51.7 Å². The van der Waals surface area contributed by atoms with Crippen LogP contribution in [0.4, 0.5) is 5.13 Å². The minimum absolute atomic E-state index is 0.0301. The summed E-state index contributed by atoms with van der Waals surface area (Å²) in [6.45, 7) is 3.79. The number of nitrogens with zero attached hydrogens (tertiary/aromatic N) is 4. The molecular formula is C21H26N6O5S2. The Labute approximate surface area is 204 Å². The highest BCUT2D eigenvalue weighted by Gasteiger charge is 2.54. The molecule has 2 amide bonds. The number of quaternary nitrogens is 1. The zero-order chi connectivity index (χ0) is 24.0. The fourth-order valence-electron chi connectivity index (χ4n) is 5.47. The molecule has 2 bridgehead atoms. The maximum absolute atomic E-state index is 13.0. The van der Waals surface area contributed by atoms with Crippen molar-refractivity contribution in [2.24, 2.45) is 11.1 Å². The van der Waals surface area contributed by atoms with Crippen LogP contribution in [0.3, 0.4) is 0 Å². The normalized spacial score (nSPS) is 30.6. The first-order valence-electron chi connectivity index (χ1n) is 11.2. The Bertz CT molecular complexity index is 1080. The molecule has 34 heavy (non-hydrogen) atoms. The summed E-state index contributed by atoms with van der Waals surface area (Å²) in [6.07, 6.45) is 3.53. The number of aromatic nitrogens is 1. The fraction of sp³-hybridized carbons (Fsp3) is 0.571. The maximum atomic E-state index is 13.0. The van der Waals surface area contributed by atoms with Gasteiger partial charge in [-0.15, -0.1) is 23.1 Å². The van der Waals surface area contributed by atoms with Crippen LogP contribution in [0.15, 0.2) is 21.8 Å². The SMILES string of the molecule is CO/N=C(\C(=O)NC1C(=O)N2C(C(=O)[O-])=C(C[N+]34CCC(CC3)CC4)CS[C@H]12)c1csc(N)n1. The molecule has 1 aromatic rings. The number of thiazole rings is 1. The number of nitrogen functional groups attached to an aromatic ring is 1. The van der Waals surface area contributed by atoms with E-state index < -0.39 is 29.2 Å². The first-order valence-corrected chi connectivity index (χ1v) is 13.1. The molecule has 0 saturated carbocycles. The summed E-state index contributed by atoms with van der Waals surface area (Å²) < 4.78 is 0.893. The van der Waals surface area contributed by atoms with Crippen LogP contribution in [0.2, 0.25) is 0 Å². The lowest BCUT2D eigenvalue weighted by molar-refractivity contribution is -0.938. The molecule has 0 aromatic carbocycles. The van der Waals surface area contributed by atoms with E-state index >= 15 is 0 Å². The van der Waals surface area contributed by atoms with Gasteiger partial charge in [-0.25, -0.2) is 4.98 Å². The number of hydrogen-bond donors (Lipinski definition) is 2. The van der Waals surface area contributed by atoms with Gasteiger partial charge in [0.05, 0.1) is 31.3 Å². The topological polar surface area (TPSA) is 150 Å². The van der Waals surface area contributed by atoms with Crippen molar-refractivity contribution in [2.75, 3.05) is 44.8 Å². The van der Waals surface area contributed by atoms with E-state index in [1.54, 1.807) is 5.38 Å². The number of nitrogens with two attached hydrogens (primary N) is 1. The van der Waals surface area contributed by atoms with Gasteiger partial charge >= 0.3 is 0 Å². The zero-order valence-electron chi connectivity index (χ0n) is 18.7. The number of fused-ring (bicyclic) bond motifs is 4. The van der Waals surface area contributed by atoms with Crippen molar-refractivity contribution in [3.05, 3.63) is 22.3 Å². The minimum atomic E-state index is -1.34. The quantitative estimate of drug-likeness (QED) is 0.209. The number of anilines is 1. The van der Waals surface area contributed by atoms with E-state index in [1.165, 1.54) is 43.0 Å². The fourth-order valence-corrected chi connectivity index (χ4v) is 7.36. The van der Waals surface area contributed by atoms with Crippen molar-refractivity contribution in [3.63, 3.8) is 0 Å². The molecule has 2 atom stereocenters. The van der Waals surface area contributed by atoms with Gasteiger partial charge in [-0.1, -0.05) is 5.16 Å². The third-order valence-corrected chi connectivity index (χ3v) is 9.26. The van der Waals surface area contributed by atoms with E-state index in [0.29, 0.717) is 12.3 Å². The van der Waals surface area contributed by atoms with Gasteiger partial charge in [0.15, 0.2) is 10.8 Å². The summed E-state index contributed by atoms with van der Waals surface area (Å²) in [5, 5.41) is 19.8. The number of hydrogen-bond acceptors (Lipinski definition) is 10. The van der Waals surface area contributed by atoms with Crippen LogP contribution in [-0.2, 0) is 19.2 Å². The van der Waals surface area contributed by atoms with Crippen LogP contribution in [-0.4, -0.2) is 88.3 Å². The Kier molecular flexibility index (Phi) is 6.02. The highest BCUT2D eigenvalue weighted by Crippen LogP contribution is 2.42. The molecule has 1 aromatic heterocycles. The number of aliphatic carboxylic acids is 1. The number of piperidine rings is 3.